The zero-order valence-electron chi connectivity index (χ0n) is 9.45. The van der Waals surface area contributed by atoms with Gasteiger partial charge in [0.05, 0.1) is 13.2 Å². The molecule has 0 saturated heterocycles. The Hall–Kier alpha value is -0.900. The number of aliphatic hydroxyl groups is 1. The highest BCUT2D eigenvalue weighted by molar-refractivity contribution is 5.24. The highest BCUT2D eigenvalue weighted by atomic mass is 16.3. The van der Waals surface area contributed by atoms with E-state index >= 15 is 0 Å². The Labute approximate surface area is 91.5 Å². The Morgan fingerprint density at radius 1 is 1.07 bits per heavy atom. The first kappa shape index (κ1) is 12.2. The van der Waals surface area contributed by atoms with Crippen LogP contribution in [0.4, 0.5) is 0 Å². The lowest BCUT2D eigenvalue weighted by molar-refractivity contribution is -0.731. The van der Waals surface area contributed by atoms with Crippen LogP contribution in [0.1, 0.15) is 11.1 Å². The van der Waals surface area contributed by atoms with Crippen LogP contribution >= 0.6 is 0 Å². The molecule has 0 aliphatic carbocycles. The van der Waals surface area contributed by atoms with Gasteiger partial charge in [0.15, 0.2) is 0 Å². The van der Waals surface area contributed by atoms with Crippen LogP contribution in [0.2, 0.25) is 0 Å². The quantitative estimate of drug-likeness (QED) is 0.477. The molecular formula is C12H22N2O+2. The highest BCUT2D eigenvalue weighted by Crippen LogP contribution is 2.03. The molecule has 0 saturated carbocycles. The fourth-order valence-corrected chi connectivity index (χ4v) is 1.57. The van der Waals surface area contributed by atoms with Gasteiger partial charge in [-0.1, -0.05) is 24.3 Å². The Balaban J connectivity index is 2.12. The number of nitrogens with two attached hydrogens (primary N) is 2. The third kappa shape index (κ3) is 4.93. The summed E-state index contributed by atoms with van der Waals surface area (Å²) in [5, 5.41) is 13.1. The second-order valence-corrected chi connectivity index (χ2v) is 3.80. The topological polar surface area (TPSA) is 53.5 Å². The Kier molecular flexibility index (Phi) is 6.00. The zero-order chi connectivity index (χ0) is 10.9. The van der Waals surface area contributed by atoms with E-state index in [0.29, 0.717) is 0 Å². The second-order valence-electron chi connectivity index (χ2n) is 3.80. The summed E-state index contributed by atoms with van der Waals surface area (Å²) in [5.41, 5.74) is 2.78. The smallest absolute Gasteiger partial charge is 0.125 e. The summed E-state index contributed by atoms with van der Waals surface area (Å²) in [6, 6.07) is 8.51. The molecule has 3 nitrogen and oxygen atoms in total. The lowest BCUT2D eigenvalue weighted by Crippen LogP contribution is -2.94. The van der Waals surface area contributed by atoms with Crippen molar-refractivity contribution in [3.8, 4) is 0 Å². The van der Waals surface area contributed by atoms with Crippen LogP contribution in [0.15, 0.2) is 24.3 Å². The van der Waals surface area contributed by atoms with Crippen LogP contribution in [0.3, 0.4) is 0 Å². The maximum atomic E-state index is 8.60. The molecule has 15 heavy (non-hydrogen) atoms. The minimum absolute atomic E-state index is 0.276. The number of aliphatic hydroxyl groups excluding tert-OH is 1. The normalized spacial score (nSPS) is 10.5. The highest BCUT2D eigenvalue weighted by Gasteiger charge is 1.99. The van der Waals surface area contributed by atoms with E-state index in [1.807, 2.05) is 0 Å². The van der Waals surface area contributed by atoms with Gasteiger partial charge in [-0.2, -0.15) is 0 Å². The molecule has 84 valence electrons. The van der Waals surface area contributed by atoms with Gasteiger partial charge < -0.3 is 15.7 Å². The van der Waals surface area contributed by atoms with Gasteiger partial charge in [0.25, 0.3) is 0 Å². The van der Waals surface area contributed by atoms with Gasteiger partial charge >= 0.3 is 0 Å². The van der Waals surface area contributed by atoms with Crippen LogP contribution in [-0.4, -0.2) is 31.3 Å². The predicted octanol–water partition coefficient (Wildman–Crippen LogP) is -1.39. The van der Waals surface area contributed by atoms with Crippen molar-refractivity contribution in [3.63, 3.8) is 0 Å². The van der Waals surface area contributed by atoms with Crippen LogP contribution in [0.25, 0.3) is 0 Å². The average Bonchev–Trinajstić information content (AvgIpc) is 2.25. The second kappa shape index (κ2) is 7.40. The van der Waals surface area contributed by atoms with Crippen LogP contribution in [-0.2, 0) is 6.54 Å². The minimum atomic E-state index is 0.276. The third-order valence-corrected chi connectivity index (χ3v) is 2.53. The van der Waals surface area contributed by atoms with Gasteiger partial charge in [-0.25, -0.2) is 0 Å². The average molecular weight is 210 g/mol. The molecule has 1 rings (SSSR count). The van der Waals surface area contributed by atoms with Gasteiger partial charge in [-0.05, 0) is 12.5 Å². The zero-order valence-corrected chi connectivity index (χ0v) is 9.45. The summed E-state index contributed by atoms with van der Waals surface area (Å²) >= 11 is 0. The maximum absolute atomic E-state index is 8.60. The number of aryl methyl sites for hydroxylation is 1. The Morgan fingerprint density at radius 2 is 1.80 bits per heavy atom. The standard InChI is InChI=1S/C12H20N2O/c1-11-4-2-3-5-12(11)10-14-7-6-13-8-9-15/h2-5,13-15H,6-10H2,1H3/p+2. The SMILES string of the molecule is Cc1ccccc1C[NH2+]CC[NH2+]CCO. The van der Waals surface area contributed by atoms with E-state index in [0.717, 1.165) is 26.2 Å². The summed E-state index contributed by atoms with van der Waals surface area (Å²) in [4.78, 5) is 0. The lowest BCUT2D eigenvalue weighted by atomic mass is 10.1. The first-order valence-corrected chi connectivity index (χ1v) is 5.63. The molecule has 5 N–H and O–H groups in total. The monoisotopic (exact) mass is 210 g/mol. The summed E-state index contributed by atoms with van der Waals surface area (Å²) in [5.74, 6) is 0. The fraction of sp³-hybridized carbons (Fsp3) is 0.500. The summed E-state index contributed by atoms with van der Waals surface area (Å²) in [7, 11) is 0. The van der Waals surface area contributed by atoms with Gasteiger partial charge in [-0.3, -0.25) is 0 Å². The molecule has 0 atom stereocenters. The maximum Gasteiger partial charge on any atom is 0.125 e. The number of hydrogen-bond acceptors (Lipinski definition) is 1. The molecule has 0 heterocycles. The van der Waals surface area contributed by atoms with Crippen molar-refractivity contribution in [2.45, 2.75) is 13.5 Å². The Morgan fingerprint density at radius 3 is 2.53 bits per heavy atom. The van der Waals surface area contributed by atoms with Crippen LogP contribution in [0.5, 0.6) is 0 Å². The fourth-order valence-electron chi connectivity index (χ4n) is 1.57. The first-order valence-electron chi connectivity index (χ1n) is 5.63. The summed E-state index contributed by atoms with van der Waals surface area (Å²) in [6.45, 7) is 6.48. The number of hydrogen-bond donors (Lipinski definition) is 3. The van der Waals surface area contributed by atoms with Gasteiger partial charge in [-0.15, -0.1) is 0 Å². The molecular weight excluding hydrogens is 188 g/mol. The molecule has 0 amide bonds. The van der Waals surface area contributed by atoms with E-state index in [2.05, 4.69) is 41.8 Å². The van der Waals surface area contributed by atoms with Crippen molar-refractivity contribution >= 4 is 0 Å². The van der Waals surface area contributed by atoms with Crippen LogP contribution < -0.4 is 10.6 Å². The lowest BCUT2D eigenvalue weighted by Gasteiger charge is -2.04. The number of benzene rings is 1. The minimum Gasteiger partial charge on any atom is -0.391 e. The van der Waals surface area contributed by atoms with E-state index in [4.69, 9.17) is 5.11 Å². The van der Waals surface area contributed by atoms with Crippen molar-refractivity contribution in [1.29, 1.82) is 0 Å². The molecule has 0 spiro atoms. The summed E-state index contributed by atoms with van der Waals surface area (Å²) < 4.78 is 0. The van der Waals surface area contributed by atoms with Gasteiger partial charge in [0.1, 0.15) is 19.6 Å². The molecule has 3 heteroatoms. The van der Waals surface area contributed by atoms with Crippen molar-refractivity contribution in [3.05, 3.63) is 35.4 Å². The molecule has 0 radical (unpaired) electrons. The molecule has 0 fully saturated rings. The van der Waals surface area contributed by atoms with Crippen molar-refractivity contribution in [1.82, 2.24) is 0 Å². The molecule has 0 aliphatic heterocycles. The van der Waals surface area contributed by atoms with Crippen molar-refractivity contribution < 1.29 is 15.7 Å². The third-order valence-electron chi connectivity index (χ3n) is 2.53. The van der Waals surface area contributed by atoms with Crippen molar-refractivity contribution in [2.24, 2.45) is 0 Å². The van der Waals surface area contributed by atoms with Gasteiger partial charge in [0.2, 0.25) is 0 Å². The van der Waals surface area contributed by atoms with E-state index in [-0.39, 0.29) is 6.61 Å². The largest absolute Gasteiger partial charge is 0.391 e. The molecule has 0 aliphatic rings. The van der Waals surface area contributed by atoms with E-state index in [1.165, 1.54) is 11.1 Å². The van der Waals surface area contributed by atoms with Gasteiger partial charge in [0, 0.05) is 5.56 Å². The van der Waals surface area contributed by atoms with Crippen molar-refractivity contribution in [2.75, 3.05) is 26.2 Å². The molecule has 1 aromatic rings. The molecule has 0 unspecified atom stereocenters. The first-order chi connectivity index (χ1) is 7.34. The predicted molar refractivity (Wildman–Crippen MR) is 60.4 cm³/mol. The number of quaternary nitrogens is 2. The van der Waals surface area contributed by atoms with E-state index < -0.39 is 0 Å². The summed E-state index contributed by atoms with van der Waals surface area (Å²) in [6.07, 6.45) is 0. The molecule has 0 bridgehead atoms. The van der Waals surface area contributed by atoms with E-state index in [1.54, 1.807) is 0 Å². The number of rotatable bonds is 7. The molecule has 0 aromatic heterocycles. The molecule has 1 aromatic carbocycles. The van der Waals surface area contributed by atoms with Crippen LogP contribution in [0, 0.1) is 6.92 Å². The Bertz CT molecular complexity index is 276. The van der Waals surface area contributed by atoms with E-state index in [9.17, 15) is 0 Å².